The number of nitrogens with zero attached hydrogens (tertiary/aromatic N) is 1. The molecule has 0 unspecified atom stereocenters. The Morgan fingerprint density at radius 1 is 1.29 bits per heavy atom. The highest BCUT2D eigenvalue weighted by Gasteiger charge is 2.01. The SMILES string of the molecule is CCN(CC)CCCNc1ccc(N)cc1Br. The van der Waals surface area contributed by atoms with Gasteiger partial charge in [-0.15, -0.1) is 0 Å². The second-order valence-electron chi connectivity index (χ2n) is 4.05. The third-order valence-electron chi connectivity index (χ3n) is 2.85. The third-order valence-corrected chi connectivity index (χ3v) is 3.51. The van der Waals surface area contributed by atoms with Gasteiger partial charge in [0.05, 0.1) is 0 Å². The number of benzene rings is 1. The molecule has 17 heavy (non-hydrogen) atoms. The van der Waals surface area contributed by atoms with Crippen LogP contribution in [0.2, 0.25) is 0 Å². The van der Waals surface area contributed by atoms with Crippen LogP contribution in [-0.2, 0) is 0 Å². The molecule has 1 rings (SSSR count). The monoisotopic (exact) mass is 299 g/mol. The van der Waals surface area contributed by atoms with Crippen molar-refractivity contribution < 1.29 is 0 Å². The first kappa shape index (κ1) is 14.3. The second-order valence-corrected chi connectivity index (χ2v) is 4.90. The van der Waals surface area contributed by atoms with Gasteiger partial charge in [-0.25, -0.2) is 0 Å². The van der Waals surface area contributed by atoms with E-state index in [0.29, 0.717) is 0 Å². The van der Waals surface area contributed by atoms with Gasteiger partial charge in [0.1, 0.15) is 0 Å². The minimum atomic E-state index is 0.783. The molecular formula is C13H22BrN3. The summed E-state index contributed by atoms with van der Waals surface area (Å²) in [6.45, 7) is 8.79. The van der Waals surface area contributed by atoms with E-state index in [1.54, 1.807) is 0 Å². The Hall–Kier alpha value is -0.740. The van der Waals surface area contributed by atoms with Crippen LogP contribution in [0.3, 0.4) is 0 Å². The lowest BCUT2D eigenvalue weighted by Crippen LogP contribution is -2.25. The molecule has 0 saturated carbocycles. The average molecular weight is 300 g/mol. The van der Waals surface area contributed by atoms with E-state index in [2.05, 4.69) is 40.0 Å². The maximum Gasteiger partial charge on any atom is 0.0486 e. The first-order valence-corrected chi connectivity index (χ1v) is 6.98. The Labute approximate surface area is 113 Å². The summed E-state index contributed by atoms with van der Waals surface area (Å²) in [5.74, 6) is 0. The Kier molecular flexibility index (Phi) is 6.37. The number of hydrogen-bond acceptors (Lipinski definition) is 3. The molecule has 0 aliphatic heterocycles. The highest BCUT2D eigenvalue weighted by Crippen LogP contribution is 2.24. The molecule has 0 spiro atoms. The Morgan fingerprint density at radius 3 is 2.59 bits per heavy atom. The van der Waals surface area contributed by atoms with Crippen LogP contribution in [0.25, 0.3) is 0 Å². The van der Waals surface area contributed by atoms with Gasteiger partial charge >= 0.3 is 0 Å². The molecule has 96 valence electrons. The normalized spacial score (nSPS) is 10.8. The molecule has 0 saturated heterocycles. The minimum Gasteiger partial charge on any atom is -0.399 e. The van der Waals surface area contributed by atoms with Crippen molar-refractivity contribution in [1.29, 1.82) is 0 Å². The van der Waals surface area contributed by atoms with E-state index in [4.69, 9.17) is 5.73 Å². The fourth-order valence-electron chi connectivity index (χ4n) is 1.74. The molecule has 0 aliphatic rings. The number of nitrogens with two attached hydrogens (primary N) is 1. The fraction of sp³-hybridized carbons (Fsp3) is 0.538. The van der Waals surface area contributed by atoms with Gasteiger partial charge in [-0.3, -0.25) is 0 Å². The number of nitrogens with one attached hydrogen (secondary N) is 1. The lowest BCUT2D eigenvalue weighted by atomic mass is 10.3. The third kappa shape index (κ3) is 4.96. The van der Waals surface area contributed by atoms with Crippen molar-refractivity contribution in [3.8, 4) is 0 Å². The number of hydrogen-bond donors (Lipinski definition) is 2. The summed E-state index contributed by atoms with van der Waals surface area (Å²) in [6.07, 6.45) is 1.15. The van der Waals surface area contributed by atoms with E-state index in [1.807, 2.05) is 18.2 Å². The van der Waals surface area contributed by atoms with Crippen molar-refractivity contribution in [2.24, 2.45) is 0 Å². The van der Waals surface area contributed by atoms with Gasteiger partial charge in [0.2, 0.25) is 0 Å². The number of nitrogen functional groups attached to an aromatic ring is 1. The maximum atomic E-state index is 5.69. The Bertz CT molecular complexity index is 337. The molecule has 3 N–H and O–H groups in total. The smallest absolute Gasteiger partial charge is 0.0486 e. The molecule has 1 aromatic carbocycles. The zero-order valence-corrected chi connectivity index (χ0v) is 12.3. The number of anilines is 2. The topological polar surface area (TPSA) is 41.3 Å². The van der Waals surface area contributed by atoms with Crippen LogP contribution in [0.5, 0.6) is 0 Å². The summed E-state index contributed by atoms with van der Waals surface area (Å²) < 4.78 is 1.03. The van der Waals surface area contributed by atoms with Crippen molar-refractivity contribution in [2.75, 3.05) is 37.2 Å². The molecule has 3 nitrogen and oxygen atoms in total. The van der Waals surface area contributed by atoms with Crippen molar-refractivity contribution >= 4 is 27.3 Å². The zero-order valence-electron chi connectivity index (χ0n) is 10.7. The quantitative estimate of drug-likeness (QED) is 0.600. The molecule has 0 amide bonds. The standard InChI is InChI=1S/C13H22BrN3/c1-3-17(4-2)9-5-8-16-13-7-6-11(15)10-12(13)14/h6-7,10,16H,3-5,8-9,15H2,1-2H3. The lowest BCUT2D eigenvalue weighted by molar-refractivity contribution is 0.303. The van der Waals surface area contributed by atoms with Crippen LogP contribution in [0.15, 0.2) is 22.7 Å². The molecule has 0 aliphatic carbocycles. The summed E-state index contributed by atoms with van der Waals surface area (Å²) in [5, 5.41) is 3.41. The predicted molar refractivity (Wildman–Crippen MR) is 79.4 cm³/mol. The van der Waals surface area contributed by atoms with E-state index in [-0.39, 0.29) is 0 Å². The number of rotatable bonds is 7. The molecule has 0 atom stereocenters. The molecule has 0 radical (unpaired) electrons. The van der Waals surface area contributed by atoms with Gasteiger partial charge in [-0.2, -0.15) is 0 Å². The van der Waals surface area contributed by atoms with Gasteiger partial charge in [-0.05, 0) is 60.2 Å². The molecule has 4 heteroatoms. The van der Waals surface area contributed by atoms with E-state index < -0.39 is 0 Å². The zero-order chi connectivity index (χ0) is 12.7. The van der Waals surface area contributed by atoms with Gasteiger partial charge in [0, 0.05) is 22.4 Å². The van der Waals surface area contributed by atoms with Gasteiger partial charge < -0.3 is 16.0 Å². The Balaban J connectivity index is 2.31. The summed E-state index contributed by atoms with van der Waals surface area (Å²) in [5.41, 5.74) is 7.59. The Morgan fingerprint density at radius 2 is 2.00 bits per heavy atom. The molecule has 1 aromatic rings. The lowest BCUT2D eigenvalue weighted by Gasteiger charge is -2.18. The van der Waals surface area contributed by atoms with Gasteiger partial charge in [0.15, 0.2) is 0 Å². The van der Waals surface area contributed by atoms with E-state index in [0.717, 1.165) is 48.4 Å². The molecule has 0 heterocycles. The minimum absolute atomic E-state index is 0.783. The van der Waals surface area contributed by atoms with E-state index in [9.17, 15) is 0 Å². The first-order chi connectivity index (χ1) is 8.17. The average Bonchev–Trinajstić information content (AvgIpc) is 2.32. The largest absolute Gasteiger partial charge is 0.399 e. The molecule has 0 fully saturated rings. The van der Waals surface area contributed by atoms with Crippen molar-refractivity contribution in [1.82, 2.24) is 4.90 Å². The highest BCUT2D eigenvalue weighted by atomic mass is 79.9. The van der Waals surface area contributed by atoms with Crippen LogP contribution in [-0.4, -0.2) is 31.1 Å². The van der Waals surface area contributed by atoms with E-state index >= 15 is 0 Å². The van der Waals surface area contributed by atoms with Crippen LogP contribution >= 0.6 is 15.9 Å². The second kappa shape index (κ2) is 7.56. The number of halogens is 1. The predicted octanol–water partition coefficient (Wildman–Crippen LogP) is 3.18. The summed E-state index contributed by atoms with van der Waals surface area (Å²) in [4.78, 5) is 2.43. The molecule has 0 bridgehead atoms. The van der Waals surface area contributed by atoms with Gasteiger partial charge in [-0.1, -0.05) is 13.8 Å². The van der Waals surface area contributed by atoms with Crippen LogP contribution in [0.4, 0.5) is 11.4 Å². The highest BCUT2D eigenvalue weighted by molar-refractivity contribution is 9.10. The van der Waals surface area contributed by atoms with Crippen LogP contribution < -0.4 is 11.1 Å². The van der Waals surface area contributed by atoms with Crippen LogP contribution in [0, 0.1) is 0 Å². The molecular weight excluding hydrogens is 278 g/mol. The van der Waals surface area contributed by atoms with Crippen molar-refractivity contribution in [2.45, 2.75) is 20.3 Å². The van der Waals surface area contributed by atoms with Crippen LogP contribution in [0.1, 0.15) is 20.3 Å². The van der Waals surface area contributed by atoms with Crippen molar-refractivity contribution in [3.05, 3.63) is 22.7 Å². The maximum absolute atomic E-state index is 5.69. The van der Waals surface area contributed by atoms with E-state index in [1.165, 1.54) is 0 Å². The van der Waals surface area contributed by atoms with Crippen molar-refractivity contribution in [3.63, 3.8) is 0 Å². The van der Waals surface area contributed by atoms with Gasteiger partial charge in [0.25, 0.3) is 0 Å². The summed E-state index contributed by atoms with van der Waals surface area (Å²) >= 11 is 3.50. The fourth-order valence-corrected chi connectivity index (χ4v) is 2.28. The summed E-state index contributed by atoms with van der Waals surface area (Å²) in [7, 11) is 0. The molecule has 0 aromatic heterocycles. The summed E-state index contributed by atoms with van der Waals surface area (Å²) in [6, 6.07) is 5.85. The first-order valence-electron chi connectivity index (χ1n) is 6.18.